The number of hydrogen-bond donors (Lipinski definition) is 0. The van der Waals surface area contributed by atoms with Gasteiger partial charge in [0.15, 0.2) is 0 Å². The van der Waals surface area contributed by atoms with Crippen molar-refractivity contribution in [3.8, 4) is 12.3 Å². The smallest absolute Gasteiger partial charge is 0 e. The summed E-state index contributed by atoms with van der Waals surface area (Å²) in [4.78, 5) is 0. The van der Waals surface area contributed by atoms with Crippen molar-refractivity contribution in [2.75, 3.05) is 0 Å². The third-order valence-electron chi connectivity index (χ3n) is 0.433. The maximum absolute atomic E-state index is 7.50. The Morgan fingerprint density at radius 1 is 0.600 bits per heavy atom. The Kier molecular flexibility index (Phi) is 444. The summed E-state index contributed by atoms with van der Waals surface area (Å²) in [5, 5.41) is 0. The quantitative estimate of drug-likeness (QED) is 0.349. The molecule has 0 aromatic rings. The second-order valence-corrected chi connectivity index (χ2v) is 2.39. The number of hydrogen-bond acceptors (Lipinski definition) is 0. The minimum atomic E-state index is 0. The molecule has 0 heterocycles. The van der Waals surface area contributed by atoms with Gasteiger partial charge in [-0.3, -0.25) is 0 Å². The molecule has 0 aliphatic carbocycles. The van der Waals surface area contributed by atoms with Crippen LogP contribution in [0.15, 0.2) is 0 Å². The standard InChI is InChI=1S/C6H10.6CO.2Co/c1-5-6(2,3)4;6*1-2;;/h1H,2-4H3;;;;;;;;. The molecule has 0 amide bonds. The normalized spacial score (nSPS) is 3.70. The zero-order valence-corrected chi connectivity index (χ0v) is 12.8. The molecule has 0 saturated heterocycles. The van der Waals surface area contributed by atoms with Gasteiger partial charge in [-0.25, -0.2) is 0 Å². The average molecular weight is 368 g/mol. The molecule has 2 radical (unpaired) electrons. The average Bonchev–Trinajstić information content (AvgIpc) is 2.51. The van der Waals surface area contributed by atoms with E-state index < -0.39 is 0 Å². The second-order valence-electron chi connectivity index (χ2n) is 2.39. The number of rotatable bonds is 0. The zero-order valence-electron chi connectivity index (χ0n) is 10.7. The molecule has 0 fully saturated rings. The van der Waals surface area contributed by atoms with Gasteiger partial charge in [0, 0.05) is 39.0 Å². The molecule has 112 valence electrons. The Balaban J connectivity index is -0.0000000109. The molecule has 0 spiro atoms. The van der Waals surface area contributed by atoms with E-state index in [0.29, 0.717) is 0 Å². The van der Waals surface area contributed by atoms with Crippen LogP contribution in [-0.4, -0.2) is 0 Å². The van der Waals surface area contributed by atoms with Gasteiger partial charge in [-0.15, -0.1) is 12.3 Å². The van der Waals surface area contributed by atoms with Crippen molar-refractivity contribution in [1.29, 1.82) is 0 Å². The van der Waals surface area contributed by atoms with Gasteiger partial charge in [-0.1, -0.05) is 0 Å². The van der Waals surface area contributed by atoms with Gasteiger partial charge >= 0.3 is 67.8 Å². The Labute approximate surface area is 140 Å². The Morgan fingerprint density at radius 2 is 0.650 bits per heavy atom. The molecule has 0 N–H and O–H groups in total. The maximum atomic E-state index is 7.50. The predicted molar refractivity (Wildman–Crippen MR) is 51.9 cm³/mol. The van der Waals surface area contributed by atoms with Gasteiger partial charge in [0.05, 0.1) is 0 Å². The summed E-state index contributed by atoms with van der Waals surface area (Å²) < 4.78 is 45.0. The minimum absolute atomic E-state index is 0. The van der Waals surface area contributed by atoms with Crippen molar-refractivity contribution in [3.05, 3.63) is 39.9 Å². The molecule has 20 heavy (non-hydrogen) atoms. The van der Waals surface area contributed by atoms with Crippen LogP contribution in [0.25, 0.3) is 0 Å². The second kappa shape index (κ2) is 144. The predicted octanol–water partition coefficient (Wildman–Crippen LogP) is 1.44. The third-order valence-corrected chi connectivity index (χ3v) is 0.433. The van der Waals surface area contributed by atoms with Gasteiger partial charge in [0.1, 0.15) is 0 Å². The summed E-state index contributed by atoms with van der Waals surface area (Å²) >= 11 is 0. The van der Waals surface area contributed by atoms with E-state index in [1.165, 1.54) is 0 Å². The van der Waals surface area contributed by atoms with Crippen molar-refractivity contribution in [3.63, 3.8) is 0 Å². The molecule has 0 bridgehead atoms. The fourth-order valence-corrected chi connectivity index (χ4v) is 0. The van der Waals surface area contributed by atoms with E-state index in [1.807, 2.05) is 20.8 Å². The van der Waals surface area contributed by atoms with Crippen molar-refractivity contribution < 1.29 is 61.5 Å². The largest absolute Gasteiger partial charge is 0 e. The van der Waals surface area contributed by atoms with Crippen molar-refractivity contribution >= 4 is 0 Å². The maximum Gasteiger partial charge on any atom is 0 e. The molecule has 0 aromatic carbocycles. The van der Waals surface area contributed by atoms with E-state index in [2.05, 4.69) is 45.8 Å². The molecular weight excluding hydrogens is 358 g/mol. The molecule has 0 atom stereocenters. The van der Waals surface area contributed by atoms with Gasteiger partial charge in [0.2, 0.25) is 0 Å². The van der Waals surface area contributed by atoms with Crippen LogP contribution in [0.1, 0.15) is 20.8 Å². The van der Waals surface area contributed by atoms with Crippen molar-refractivity contribution in [2.45, 2.75) is 20.8 Å². The molecule has 0 unspecified atom stereocenters. The van der Waals surface area contributed by atoms with E-state index in [9.17, 15) is 0 Å². The first-order valence-corrected chi connectivity index (χ1v) is 3.26. The van der Waals surface area contributed by atoms with Gasteiger partial charge < -0.3 is 0 Å². The summed E-state index contributed by atoms with van der Waals surface area (Å²) in [7, 11) is 0. The van der Waals surface area contributed by atoms with E-state index >= 15 is 0 Å². The van der Waals surface area contributed by atoms with Crippen LogP contribution in [-0.2, 0) is 61.5 Å². The fourth-order valence-electron chi connectivity index (χ4n) is 0. The molecule has 6 nitrogen and oxygen atoms in total. The molecule has 0 saturated carbocycles. The van der Waals surface area contributed by atoms with E-state index in [4.69, 9.17) is 34.3 Å². The van der Waals surface area contributed by atoms with Crippen LogP contribution in [0.2, 0.25) is 0 Å². The zero-order chi connectivity index (χ0) is 17.2. The SMILES string of the molecule is C#CC(C)(C)C.[C-]#[O+].[C-]#[O+].[C-]#[O+].[C-]#[O+].[C-]#[O+].[C-]#[O+].[Co].[Co]. The van der Waals surface area contributed by atoms with Crippen LogP contribution < -0.4 is 0 Å². The molecule has 8 heteroatoms. The molecular formula is C12H10Co2O6. The molecule has 0 rings (SSSR count). The summed E-state index contributed by atoms with van der Waals surface area (Å²) in [6.45, 7) is 33.0. The van der Waals surface area contributed by atoms with Crippen LogP contribution in [0.3, 0.4) is 0 Å². The Morgan fingerprint density at radius 3 is 0.650 bits per heavy atom. The Bertz CT molecular complexity index is 226. The minimum Gasteiger partial charge on any atom is 0 e. The van der Waals surface area contributed by atoms with Crippen LogP contribution in [0.5, 0.6) is 0 Å². The first-order valence-electron chi connectivity index (χ1n) is 3.26. The third kappa shape index (κ3) is 1080. The molecule has 0 aliphatic rings. The van der Waals surface area contributed by atoms with E-state index in [0.717, 1.165) is 0 Å². The summed E-state index contributed by atoms with van der Waals surface area (Å²) in [5.74, 6) is 2.60. The Hall–Kier alpha value is -0.987. The topological polar surface area (TPSA) is 119 Å². The molecule has 0 aromatic heterocycles. The van der Waals surface area contributed by atoms with Crippen LogP contribution in [0, 0.1) is 57.7 Å². The summed E-state index contributed by atoms with van der Waals surface area (Å²) in [6, 6.07) is 0. The van der Waals surface area contributed by atoms with Crippen LogP contribution >= 0.6 is 0 Å². The van der Waals surface area contributed by atoms with Crippen LogP contribution in [0.4, 0.5) is 0 Å². The summed E-state index contributed by atoms with van der Waals surface area (Å²) in [5.41, 5.74) is 0.0694. The van der Waals surface area contributed by atoms with Crippen molar-refractivity contribution in [1.82, 2.24) is 0 Å². The van der Waals surface area contributed by atoms with E-state index in [1.54, 1.807) is 0 Å². The summed E-state index contributed by atoms with van der Waals surface area (Å²) in [6.07, 6.45) is 5.06. The van der Waals surface area contributed by atoms with Gasteiger partial charge in [-0.05, 0) is 20.8 Å². The van der Waals surface area contributed by atoms with Gasteiger partial charge in [-0.2, -0.15) is 0 Å². The first kappa shape index (κ1) is 61.5. The number of terminal acetylenes is 1. The van der Waals surface area contributed by atoms with E-state index in [-0.39, 0.29) is 39.0 Å². The molecule has 0 aliphatic heterocycles. The van der Waals surface area contributed by atoms with Gasteiger partial charge in [0.25, 0.3) is 0 Å². The fraction of sp³-hybridized carbons (Fsp3) is 0.333. The first-order chi connectivity index (χ1) is 8.56. The van der Waals surface area contributed by atoms with Crippen molar-refractivity contribution in [2.24, 2.45) is 5.41 Å². The monoisotopic (exact) mass is 368 g/mol.